The standard InChI is InChI=1S/C18H21N5O/c1-22(2)11-12-23-10-9-17(21-23)15-6-4-5-14(13-15)16-7-8-18(24-3)20-19-16/h4-10,13H,11-12H2,1-3H3. The smallest absolute Gasteiger partial charge is 0.233 e. The zero-order chi connectivity index (χ0) is 16.9. The van der Waals surface area contributed by atoms with Gasteiger partial charge >= 0.3 is 0 Å². The molecule has 3 rings (SSSR count). The van der Waals surface area contributed by atoms with Gasteiger partial charge in [-0.25, -0.2) is 0 Å². The van der Waals surface area contributed by atoms with Crippen molar-refractivity contribution in [3.8, 4) is 28.4 Å². The summed E-state index contributed by atoms with van der Waals surface area (Å²) in [6.07, 6.45) is 2.01. The van der Waals surface area contributed by atoms with Gasteiger partial charge in [-0.05, 0) is 32.3 Å². The number of aromatic nitrogens is 4. The number of likely N-dealkylation sites (N-methyl/N-ethyl adjacent to an activating group) is 1. The third-order valence-electron chi connectivity index (χ3n) is 3.72. The molecular formula is C18H21N5O. The Kier molecular flexibility index (Phi) is 4.86. The van der Waals surface area contributed by atoms with E-state index in [4.69, 9.17) is 4.74 Å². The number of nitrogens with zero attached hydrogens (tertiary/aromatic N) is 5. The molecule has 0 N–H and O–H groups in total. The lowest BCUT2D eigenvalue weighted by Crippen LogP contribution is -2.18. The highest BCUT2D eigenvalue weighted by atomic mass is 16.5. The molecule has 0 aliphatic heterocycles. The van der Waals surface area contributed by atoms with Crippen LogP contribution >= 0.6 is 0 Å². The normalized spacial score (nSPS) is 11.0. The average Bonchev–Trinajstić information content (AvgIpc) is 3.09. The number of hydrogen-bond acceptors (Lipinski definition) is 5. The first-order valence-corrected chi connectivity index (χ1v) is 7.82. The van der Waals surface area contributed by atoms with Crippen LogP contribution in [0.5, 0.6) is 5.88 Å². The first kappa shape index (κ1) is 16.1. The average molecular weight is 323 g/mol. The van der Waals surface area contributed by atoms with Crippen molar-refractivity contribution in [1.82, 2.24) is 24.9 Å². The third-order valence-corrected chi connectivity index (χ3v) is 3.72. The van der Waals surface area contributed by atoms with Crippen LogP contribution in [-0.4, -0.2) is 52.6 Å². The van der Waals surface area contributed by atoms with Gasteiger partial charge in [0.25, 0.3) is 0 Å². The fourth-order valence-corrected chi connectivity index (χ4v) is 2.36. The van der Waals surface area contributed by atoms with E-state index < -0.39 is 0 Å². The van der Waals surface area contributed by atoms with Crippen molar-refractivity contribution in [2.45, 2.75) is 6.54 Å². The molecule has 0 aliphatic rings. The summed E-state index contributed by atoms with van der Waals surface area (Å²) in [5, 5.41) is 12.9. The molecule has 0 atom stereocenters. The second-order valence-corrected chi connectivity index (χ2v) is 5.81. The molecule has 2 heterocycles. The molecule has 0 fully saturated rings. The zero-order valence-electron chi connectivity index (χ0n) is 14.2. The van der Waals surface area contributed by atoms with Crippen LogP contribution in [0.15, 0.2) is 48.7 Å². The van der Waals surface area contributed by atoms with Gasteiger partial charge in [0.1, 0.15) is 0 Å². The third kappa shape index (κ3) is 3.78. The molecule has 124 valence electrons. The van der Waals surface area contributed by atoms with E-state index in [1.165, 1.54) is 0 Å². The Labute approximate surface area is 141 Å². The Bertz CT molecular complexity index is 795. The Balaban J connectivity index is 1.82. The number of hydrogen-bond donors (Lipinski definition) is 0. The molecule has 0 bridgehead atoms. The maximum Gasteiger partial charge on any atom is 0.233 e. The van der Waals surface area contributed by atoms with Gasteiger partial charge in [-0.3, -0.25) is 4.68 Å². The van der Waals surface area contributed by atoms with Gasteiger partial charge in [0.15, 0.2) is 0 Å². The van der Waals surface area contributed by atoms with Crippen LogP contribution in [0.1, 0.15) is 0 Å². The highest BCUT2D eigenvalue weighted by molar-refractivity contribution is 5.69. The molecule has 0 saturated carbocycles. The highest BCUT2D eigenvalue weighted by Gasteiger charge is 2.06. The van der Waals surface area contributed by atoms with Crippen molar-refractivity contribution >= 4 is 0 Å². The van der Waals surface area contributed by atoms with Crippen molar-refractivity contribution in [3.63, 3.8) is 0 Å². The molecule has 2 aromatic heterocycles. The molecule has 24 heavy (non-hydrogen) atoms. The summed E-state index contributed by atoms with van der Waals surface area (Å²) in [7, 11) is 5.70. The van der Waals surface area contributed by atoms with Gasteiger partial charge in [-0.2, -0.15) is 5.10 Å². The lowest BCUT2D eigenvalue weighted by atomic mass is 10.1. The molecule has 6 heteroatoms. The fraction of sp³-hybridized carbons (Fsp3) is 0.278. The van der Waals surface area contributed by atoms with Gasteiger partial charge in [0.05, 0.1) is 25.0 Å². The highest BCUT2D eigenvalue weighted by Crippen LogP contribution is 2.24. The van der Waals surface area contributed by atoms with E-state index in [2.05, 4.69) is 46.4 Å². The van der Waals surface area contributed by atoms with Crippen molar-refractivity contribution in [2.24, 2.45) is 0 Å². The summed E-state index contributed by atoms with van der Waals surface area (Å²) < 4.78 is 7.02. The summed E-state index contributed by atoms with van der Waals surface area (Å²) in [5.74, 6) is 0.509. The van der Waals surface area contributed by atoms with Crippen LogP contribution in [0.3, 0.4) is 0 Å². The van der Waals surface area contributed by atoms with E-state index in [-0.39, 0.29) is 0 Å². The van der Waals surface area contributed by atoms with Gasteiger partial charge in [0.2, 0.25) is 5.88 Å². The Morgan fingerprint density at radius 2 is 1.79 bits per heavy atom. The summed E-state index contributed by atoms with van der Waals surface area (Å²) >= 11 is 0. The summed E-state index contributed by atoms with van der Waals surface area (Å²) in [6, 6.07) is 13.9. The molecule has 1 aromatic carbocycles. The van der Waals surface area contributed by atoms with Crippen LogP contribution < -0.4 is 4.74 Å². The molecule has 0 saturated heterocycles. The molecule has 0 unspecified atom stereocenters. The Hall–Kier alpha value is -2.73. The van der Waals surface area contributed by atoms with Crippen molar-refractivity contribution < 1.29 is 4.74 Å². The molecular weight excluding hydrogens is 302 g/mol. The maximum atomic E-state index is 5.05. The Morgan fingerprint density at radius 3 is 2.46 bits per heavy atom. The molecule has 0 radical (unpaired) electrons. The number of ether oxygens (including phenoxy) is 1. The van der Waals surface area contributed by atoms with Gasteiger partial charge in [-0.15, -0.1) is 10.2 Å². The molecule has 0 aliphatic carbocycles. The van der Waals surface area contributed by atoms with Gasteiger partial charge in [0, 0.05) is 29.9 Å². The molecule has 0 amide bonds. The molecule has 0 spiro atoms. The van der Waals surface area contributed by atoms with Crippen LogP contribution in [0.4, 0.5) is 0 Å². The molecule has 6 nitrogen and oxygen atoms in total. The quantitative estimate of drug-likeness (QED) is 0.698. The van der Waals surface area contributed by atoms with Crippen molar-refractivity contribution in [3.05, 3.63) is 48.7 Å². The second kappa shape index (κ2) is 7.23. The maximum absolute atomic E-state index is 5.05. The SMILES string of the molecule is COc1ccc(-c2cccc(-c3ccn(CCN(C)C)n3)c2)nn1. The minimum atomic E-state index is 0.509. The minimum absolute atomic E-state index is 0.509. The predicted molar refractivity (Wildman–Crippen MR) is 93.8 cm³/mol. The van der Waals surface area contributed by atoms with E-state index in [1.54, 1.807) is 7.11 Å². The monoisotopic (exact) mass is 323 g/mol. The van der Waals surface area contributed by atoms with Crippen LogP contribution in [0.2, 0.25) is 0 Å². The summed E-state index contributed by atoms with van der Waals surface area (Å²) in [6.45, 7) is 1.83. The first-order valence-electron chi connectivity index (χ1n) is 7.82. The summed E-state index contributed by atoms with van der Waals surface area (Å²) in [4.78, 5) is 2.14. The van der Waals surface area contributed by atoms with Crippen molar-refractivity contribution in [2.75, 3.05) is 27.7 Å². The topological polar surface area (TPSA) is 56.1 Å². The van der Waals surface area contributed by atoms with E-state index >= 15 is 0 Å². The second-order valence-electron chi connectivity index (χ2n) is 5.81. The first-order chi connectivity index (χ1) is 11.7. The zero-order valence-corrected chi connectivity index (χ0v) is 14.2. The minimum Gasteiger partial charge on any atom is -0.480 e. The van der Waals surface area contributed by atoms with Crippen LogP contribution in [-0.2, 0) is 6.54 Å². The largest absolute Gasteiger partial charge is 0.480 e. The van der Waals surface area contributed by atoms with Crippen molar-refractivity contribution in [1.29, 1.82) is 0 Å². The Morgan fingerprint density at radius 1 is 1.00 bits per heavy atom. The van der Waals surface area contributed by atoms with Crippen LogP contribution in [0.25, 0.3) is 22.5 Å². The van der Waals surface area contributed by atoms with Crippen LogP contribution in [0, 0.1) is 0 Å². The van der Waals surface area contributed by atoms with E-state index in [0.29, 0.717) is 5.88 Å². The number of benzene rings is 1. The summed E-state index contributed by atoms with van der Waals surface area (Å²) in [5.41, 5.74) is 3.83. The fourth-order valence-electron chi connectivity index (χ4n) is 2.36. The lowest BCUT2D eigenvalue weighted by Gasteiger charge is -2.08. The van der Waals surface area contributed by atoms with E-state index in [9.17, 15) is 0 Å². The van der Waals surface area contributed by atoms with E-state index in [0.717, 1.165) is 35.6 Å². The number of rotatable bonds is 6. The number of methoxy groups -OCH3 is 1. The molecule has 3 aromatic rings. The lowest BCUT2D eigenvalue weighted by molar-refractivity contribution is 0.373. The van der Waals surface area contributed by atoms with Gasteiger partial charge in [-0.1, -0.05) is 18.2 Å². The predicted octanol–water partition coefficient (Wildman–Crippen LogP) is 2.58. The van der Waals surface area contributed by atoms with Gasteiger partial charge < -0.3 is 9.64 Å². The van der Waals surface area contributed by atoms with E-state index in [1.807, 2.05) is 41.2 Å².